The molecule has 0 heterocycles. The minimum Gasteiger partial charge on any atom is -0.398 e. The number of carbonyl (C=O) groups excluding carboxylic acids is 1. The van der Waals surface area contributed by atoms with Gasteiger partial charge in [-0.25, -0.2) is 0 Å². The highest BCUT2D eigenvalue weighted by Gasteiger charge is 2.19. The Labute approximate surface area is 141 Å². The van der Waals surface area contributed by atoms with Crippen LogP contribution < -0.4 is 5.73 Å². The van der Waals surface area contributed by atoms with Gasteiger partial charge in [0.25, 0.3) is 0 Å². The van der Waals surface area contributed by atoms with Gasteiger partial charge in [-0.2, -0.15) is 0 Å². The van der Waals surface area contributed by atoms with Crippen LogP contribution in [0.15, 0.2) is 16.6 Å². The predicted octanol–water partition coefficient (Wildman–Crippen LogP) is 4.42. The number of carbonyl (C=O) groups is 1. The summed E-state index contributed by atoms with van der Waals surface area (Å²) in [6.45, 7) is 2.39. The molecule has 0 bridgehead atoms. The maximum atomic E-state index is 11.6. The molecule has 3 nitrogen and oxygen atoms in total. The predicted molar refractivity (Wildman–Crippen MR) is 94.1 cm³/mol. The molecule has 1 saturated carbocycles. The number of nitrogens with zero attached hydrogens (tertiary/aromatic N) is 1. The fraction of sp³-hybridized carbons (Fsp3) is 0.562. The van der Waals surface area contributed by atoms with Crippen LogP contribution in [0, 0.1) is 0 Å². The summed E-state index contributed by atoms with van der Waals surface area (Å²) in [6.07, 6.45) is 6.54. The molecule has 0 radical (unpaired) electrons. The van der Waals surface area contributed by atoms with E-state index in [1.54, 1.807) is 6.92 Å². The second-order valence-corrected chi connectivity index (χ2v) is 6.65. The maximum absolute atomic E-state index is 11.6. The Morgan fingerprint density at radius 3 is 2.52 bits per heavy atom. The lowest BCUT2D eigenvalue weighted by molar-refractivity contribution is 0.101. The van der Waals surface area contributed by atoms with Crippen molar-refractivity contribution in [2.75, 3.05) is 12.8 Å². The van der Waals surface area contributed by atoms with Crippen LogP contribution in [0.4, 0.5) is 5.69 Å². The second kappa shape index (κ2) is 8.16. The van der Waals surface area contributed by atoms with E-state index in [4.69, 9.17) is 5.73 Å². The zero-order valence-corrected chi connectivity index (χ0v) is 15.1. The average Bonchev–Trinajstić information content (AvgIpc) is 2.44. The largest absolute Gasteiger partial charge is 0.398 e. The number of hydrogen-bond donors (Lipinski definition) is 1. The van der Waals surface area contributed by atoms with Crippen molar-refractivity contribution in [1.29, 1.82) is 0 Å². The molecule has 1 aliphatic rings. The summed E-state index contributed by atoms with van der Waals surface area (Å²) in [5, 5.41) is 0. The third-order valence-electron chi connectivity index (χ3n) is 4.24. The molecule has 0 spiro atoms. The highest BCUT2D eigenvalue weighted by atomic mass is 79.9. The molecule has 0 amide bonds. The van der Waals surface area contributed by atoms with Crippen molar-refractivity contribution in [3.8, 4) is 0 Å². The Balaban J connectivity index is 0.00000220. The van der Waals surface area contributed by atoms with Gasteiger partial charge in [-0.15, -0.1) is 12.4 Å². The highest BCUT2D eigenvalue weighted by molar-refractivity contribution is 9.10. The van der Waals surface area contributed by atoms with Crippen LogP contribution in [0.2, 0.25) is 0 Å². The summed E-state index contributed by atoms with van der Waals surface area (Å²) in [7, 11) is 2.16. The lowest BCUT2D eigenvalue weighted by atomic mass is 9.94. The lowest BCUT2D eigenvalue weighted by Crippen LogP contribution is -2.33. The van der Waals surface area contributed by atoms with Gasteiger partial charge in [0.05, 0.1) is 5.69 Å². The zero-order chi connectivity index (χ0) is 14.7. The van der Waals surface area contributed by atoms with E-state index in [9.17, 15) is 4.79 Å². The number of nitrogen functional groups attached to an aromatic ring is 1. The molecule has 5 heteroatoms. The first-order chi connectivity index (χ1) is 9.49. The van der Waals surface area contributed by atoms with E-state index in [0.717, 1.165) is 27.8 Å². The van der Waals surface area contributed by atoms with E-state index in [0.29, 0.717) is 6.04 Å². The van der Waals surface area contributed by atoms with Gasteiger partial charge >= 0.3 is 0 Å². The van der Waals surface area contributed by atoms with Crippen molar-refractivity contribution in [2.24, 2.45) is 0 Å². The van der Waals surface area contributed by atoms with Gasteiger partial charge in [-0.1, -0.05) is 19.3 Å². The van der Waals surface area contributed by atoms with Gasteiger partial charge in [0.2, 0.25) is 0 Å². The van der Waals surface area contributed by atoms with Gasteiger partial charge in [0.1, 0.15) is 0 Å². The molecule has 0 aromatic heterocycles. The SMILES string of the molecule is CC(=O)c1cc(Br)c(N)c(CN(C)C2CCCCC2)c1.Cl. The van der Waals surface area contributed by atoms with E-state index < -0.39 is 0 Å². The summed E-state index contributed by atoms with van der Waals surface area (Å²) >= 11 is 3.46. The van der Waals surface area contributed by atoms with E-state index in [-0.39, 0.29) is 18.2 Å². The lowest BCUT2D eigenvalue weighted by Gasteiger charge is -2.31. The molecular formula is C16H24BrClN2O. The monoisotopic (exact) mass is 374 g/mol. The Morgan fingerprint density at radius 2 is 1.95 bits per heavy atom. The molecule has 0 saturated heterocycles. The van der Waals surface area contributed by atoms with Gasteiger partial charge in [-0.3, -0.25) is 9.69 Å². The average molecular weight is 376 g/mol. The number of rotatable bonds is 4. The fourth-order valence-electron chi connectivity index (χ4n) is 2.93. The number of hydrogen-bond acceptors (Lipinski definition) is 3. The first kappa shape index (κ1) is 18.5. The van der Waals surface area contributed by atoms with Crippen LogP contribution in [-0.4, -0.2) is 23.8 Å². The van der Waals surface area contributed by atoms with Crippen molar-refractivity contribution in [3.63, 3.8) is 0 Å². The molecule has 1 aromatic carbocycles. The summed E-state index contributed by atoms with van der Waals surface area (Å²) < 4.78 is 0.817. The van der Waals surface area contributed by atoms with Crippen molar-refractivity contribution < 1.29 is 4.79 Å². The standard InChI is InChI=1S/C16H23BrN2O.ClH/c1-11(20)12-8-13(16(18)15(17)9-12)10-19(2)14-6-4-3-5-7-14;/h8-9,14H,3-7,10,18H2,1-2H3;1H. The van der Waals surface area contributed by atoms with Crippen LogP contribution in [0.25, 0.3) is 0 Å². The summed E-state index contributed by atoms with van der Waals surface area (Å²) in [5.41, 5.74) is 8.65. The molecule has 2 N–H and O–H groups in total. The topological polar surface area (TPSA) is 46.3 Å². The van der Waals surface area contributed by atoms with Crippen LogP contribution in [-0.2, 0) is 6.54 Å². The summed E-state index contributed by atoms with van der Waals surface area (Å²) in [4.78, 5) is 13.9. The number of halogens is 2. The summed E-state index contributed by atoms with van der Waals surface area (Å²) in [6, 6.07) is 4.38. The minimum atomic E-state index is 0. The van der Waals surface area contributed by atoms with Gasteiger partial charge in [0.15, 0.2) is 5.78 Å². The van der Waals surface area contributed by atoms with E-state index in [1.165, 1.54) is 32.1 Å². The zero-order valence-electron chi connectivity index (χ0n) is 12.7. The normalized spacial score (nSPS) is 15.8. The fourth-order valence-corrected chi connectivity index (χ4v) is 3.43. The van der Waals surface area contributed by atoms with Crippen LogP contribution >= 0.6 is 28.3 Å². The van der Waals surface area contributed by atoms with Crippen molar-refractivity contribution >= 4 is 39.8 Å². The Morgan fingerprint density at radius 1 is 1.33 bits per heavy atom. The smallest absolute Gasteiger partial charge is 0.159 e. The van der Waals surface area contributed by atoms with Gasteiger partial charge in [0, 0.05) is 22.6 Å². The first-order valence-corrected chi connectivity index (χ1v) is 8.07. The van der Waals surface area contributed by atoms with Crippen LogP contribution in [0.1, 0.15) is 54.9 Å². The Bertz CT molecular complexity index is 501. The molecule has 2 rings (SSSR count). The Hall–Kier alpha value is -0.580. The molecular weight excluding hydrogens is 352 g/mol. The number of ketones is 1. The molecule has 1 aliphatic carbocycles. The number of benzene rings is 1. The molecule has 0 atom stereocenters. The molecule has 1 aromatic rings. The van der Waals surface area contributed by atoms with Crippen LogP contribution in [0.3, 0.4) is 0 Å². The van der Waals surface area contributed by atoms with Crippen LogP contribution in [0.5, 0.6) is 0 Å². The highest BCUT2D eigenvalue weighted by Crippen LogP contribution is 2.29. The second-order valence-electron chi connectivity index (χ2n) is 5.79. The number of anilines is 1. The van der Waals surface area contributed by atoms with E-state index >= 15 is 0 Å². The third kappa shape index (κ3) is 4.70. The number of nitrogens with two attached hydrogens (primary N) is 1. The summed E-state index contributed by atoms with van der Waals surface area (Å²) in [5.74, 6) is 0.0762. The quantitative estimate of drug-likeness (QED) is 0.626. The molecule has 118 valence electrons. The Kier molecular flexibility index (Phi) is 7.17. The molecule has 21 heavy (non-hydrogen) atoms. The number of Topliss-reactive ketones (excluding diaryl/α,β-unsaturated/α-hetero) is 1. The first-order valence-electron chi connectivity index (χ1n) is 7.28. The van der Waals surface area contributed by atoms with Gasteiger partial charge < -0.3 is 5.73 Å². The minimum absolute atomic E-state index is 0. The maximum Gasteiger partial charge on any atom is 0.159 e. The van der Waals surface area contributed by atoms with E-state index in [1.807, 2.05) is 12.1 Å². The molecule has 0 aliphatic heterocycles. The van der Waals surface area contributed by atoms with Crippen molar-refractivity contribution in [2.45, 2.75) is 51.6 Å². The molecule has 0 unspecified atom stereocenters. The van der Waals surface area contributed by atoms with Crippen molar-refractivity contribution in [1.82, 2.24) is 4.90 Å². The van der Waals surface area contributed by atoms with E-state index in [2.05, 4.69) is 27.9 Å². The molecule has 1 fully saturated rings. The van der Waals surface area contributed by atoms with Gasteiger partial charge in [-0.05, 0) is 60.4 Å². The van der Waals surface area contributed by atoms with Crippen molar-refractivity contribution in [3.05, 3.63) is 27.7 Å². The third-order valence-corrected chi connectivity index (χ3v) is 4.90.